The third-order valence-corrected chi connectivity index (χ3v) is 5.96. The highest BCUT2D eigenvalue weighted by Gasteiger charge is 2.41. The fourth-order valence-corrected chi connectivity index (χ4v) is 4.26. The summed E-state index contributed by atoms with van der Waals surface area (Å²) >= 11 is 6.23. The Labute approximate surface area is 190 Å². The van der Waals surface area contributed by atoms with E-state index < -0.39 is 5.54 Å². The number of amides is 1. The van der Waals surface area contributed by atoms with Crippen molar-refractivity contribution < 1.29 is 9.18 Å². The number of nitrogens with zero attached hydrogens (tertiary/aromatic N) is 4. The number of nitrogens with two attached hydrogens (primary N) is 1. The second-order valence-corrected chi connectivity index (χ2v) is 8.41. The summed E-state index contributed by atoms with van der Waals surface area (Å²) in [5, 5.41) is 3.71. The number of rotatable bonds is 4. The summed E-state index contributed by atoms with van der Waals surface area (Å²) in [6, 6.07) is 11.2. The third-order valence-electron chi connectivity index (χ3n) is 5.66. The van der Waals surface area contributed by atoms with Gasteiger partial charge in [-0.25, -0.2) is 14.2 Å². The summed E-state index contributed by atoms with van der Waals surface area (Å²) < 4.78 is 15.6. The summed E-state index contributed by atoms with van der Waals surface area (Å²) in [5.74, 6) is 0.903. The number of anilines is 2. The number of carbonyl (C=O) groups is 1. The van der Waals surface area contributed by atoms with Crippen molar-refractivity contribution in [2.75, 3.05) is 18.4 Å². The fraction of sp³-hybridized carbons (Fsp3) is 0.261. The molecule has 0 saturated carbocycles. The zero-order valence-corrected chi connectivity index (χ0v) is 18.4. The normalized spacial score (nSPS) is 14.6. The molecule has 3 aromatic rings. The molecule has 1 aromatic heterocycles. The van der Waals surface area contributed by atoms with Crippen molar-refractivity contribution in [2.45, 2.75) is 25.9 Å². The molecule has 9 heteroatoms. The first-order valence-corrected chi connectivity index (χ1v) is 10.5. The highest BCUT2D eigenvalue weighted by Crippen LogP contribution is 2.40. The van der Waals surface area contributed by atoms with Crippen molar-refractivity contribution >= 4 is 34.7 Å². The number of aromatic nitrogens is 2. The molecule has 7 nitrogen and oxygen atoms in total. The smallest absolute Gasteiger partial charge is 0.237 e. The maximum absolute atomic E-state index is 13.6. The first-order valence-electron chi connectivity index (χ1n) is 10.1. The van der Waals surface area contributed by atoms with Crippen LogP contribution in [0.15, 0.2) is 42.5 Å². The summed E-state index contributed by atoms with van der Waals surface area (Å²) in [6.45, 7) is 11.9. The van der Waals surface area contributed by atoms with Crippen molar-refractivity contribution in [1.29, 1.82) is 0 Å². The molecule has 1 amide bonds. The summed E-state index contributed by atoms with van der Waals surface area (Å²) in [4.78, 5) is 22.5. The molecule has 0 bridgehead atoms. The first kappa shape index (κ1) is 21.8. The van der Waals surface area contributed by atoms with E-state index in [-0.39, 0.29) is 18.3 Å². The maximum atomic E-state index is 13.6. The van der Waals surface area contributed by atoms with Gasteiger partial charge in [-0.3, -0.25) is 4.79 Å². The van der Waals surface area contributed by atoms with E-state index in [0.29, 0.717) is 46.8 Å². The predicted molar refractivity (Wildman–Crippen MR) is 122 cm³/mol. The number of nitrogens with one attached hydrogen (secondary N) is 1. The Morgan fingerprint density at radius 2 is 2.00 bits per heavy atom. The van der Waals surface area contributed by atoms with E-state index in [4.69, 9.17) is 28.9 Å². The van der Waals surface area contributed by atoms with Crippen LogP contribution in [-0.2, 0) is 16.9 Å². The van der Waals surface area contributed by atoms with Crippen LogP contribution in [0.2, 0.25) is 5.02 Å². The van der Waals surface area contributed by atoms with E-state index in [1.807, 2.05) is 18.4 Å². The Balaban J connectivity index is 1.86. The average molecular weight is 453 g/mol. The van der Waals surface area contributed by atoms with Crippen LogP contribution in [0, 0.1) is 12.4 Å². The maximum Gasteiger partial charge on any atom is 0.237 e. The second-order valence-electron chi connectivity index (χ2n) is 8.00. The molecule has 0 unspecified atom stereocenters. The molecule has 0 spiro atoms. The van der Waals surface area contributed by atoms with Crippen LogP contribution in [0.4, 0.5) is 21.6 Å². The zero-order chi connectivity index (χ0) is 23.0. The van der Waals surface area contributed by atoms with Gasteiger partial charge in [-0.1, -0.05) is 17.7 Å². The lowest BCUT2D eigenvalue weighted by molar-refractivity contribution is -0.137. The Morgan fingerprint density at radius 3 is 2.62 bits per heavy atom. The van der Waals surface area contributed by atoms with Gasteiger partial charge in [-0.2, -0.15) is 0 Å². The molecule has 2 aromatic carbocycles. The average Bonchev–Trinajstić information content (AvgIpc) is 3.13. The van der Waals surface area contributed by atoms with Gasteiger partial charge in [-0.15, -0.1) is 0 Å². The molecule has 3 N–H and O–H groups in total. The van der Waals surface area contributed by atoms with Crippen LogP contribution >= 0.6 is 11.6 Å². The van der Waals surface area contributed by atoms with E-state index in [2.05, 4.69) is 10.2 Å². The Kier molecular flexibility index (Phi) is 5.63. The lowest BCUT2D eigenvalue weighted by Crippen LogP contribution is -2.53. The van der Waals surface area contributed by atoms with Crippen LogP contribution in [0.5, 0.6) is 0 Å². The van der Waals surface area contributed by atoms with Gasteiger partial charge in [0, 0.05) is 29.4 Å². The number of hydrogen-bond donors (Lipinski definition) is 2. The summed E-state index contributed by atoms with van der Waals surface area (Å²) in [6.07, 6.45) is 0. The minimum atomic E-state index is -0.699. The lowest BCUT2D eigenvalue weighted by Gasteiger charge is -2.42. The van der Waals surface area contributed by atoms with Crippen LogP contribution in [0.1, 0.15) is 19.7 Å². The van der Waals surface area contributed by atoms with Gasteiger partial charge >= 0.3 is 0 Å². The molecule has 0 radical (unpaired) electrons. The molecule has 0 saturated heterocycles. The van der Waals surface area contributed by atoms with E-state index in [9.17, 15) is 9.18 Å². The van der Waals surface area contributed by atoms with Gasteiger partial charge in [0.05, 0.1) is 18.7 Å². The van der Waals surface area contributed by atoms with Crippen LogP contribution < -0.4 is 11.1 Å². The van der Waals surface area contributed by atoms with Gasteiger partial charge < -0.3 is 20.5 Å². The Morgan fingerprint density at radius 1 is 1.28 bits per heavy atom. The molecular weight excluding hydrogens is 431 g/mol. The van der Waals surface area contributed by atoms with Crippen molar-refractivity contribution in [2.24, 2.45) is 5.73 Å². The van der Waals surface area contributed by atoms with Crippen molar-refractivity contribution in [3.8, 4) is 11.3 Å². The molecule has 164 valence electrons. The number of fused-ring (bicyclic) bond motifs is 1. The van der Waals surface area contributed by atoms with E-state index in [0.717, 1.165) is 5.56 Å². The van der Waals surface area contributed by atoms with Gasteiger partial charge in [0.2, 0.25) is 11.6 Å². The van der Waals surface area contributed by atoms with Gasteiger partial charge in [0.25, 0.3) is 0 Å². The molecule has 4 rings (SSSR count). The fourth-order valence-electron chi connectivity index (χ4n) is 4.03. The third kappa shape index (κ3) is 3.70. The second kappa shape index (κ2) is 8.26. The lowest BCUT2D eigenvalue weighted by atomic mass is 9.99. The largest absolute Gasteiger partial charge is 0.340 e. The van der Waals surface area contributed by atoms with Gasteiger partial charge in [-0.05, 0) is 50.2 Å². The standard InChI is InChI=1S/C23H22ClFN6O/c1-23(2)22-29-20(14-4-6-15(25)7-5-14)21(30(22)10-11-31(23)19(32)13-26)28-16-8-9-18(27-3)17(24)12-16/h4-9,12,28H,10-11,13,26H2,1-2H3. The predicted octanol–water partition coefficient (Wildman–Crippen LogP) is 4.67. The van der Waals surface area contributed by atoms with Crippen molar-refractivity contribution in [3.63, 3.8) is 0 Å². The zero-order valence-electron chi connectivity index (χ0n) is 17.7. The SMILES string of the molecule is [C-]#[N+]c1ccc(Nc2c(-c3ccc(F)cc3)nc3n2CCN(C(=O)CN)C3(C)C)cc1Cl. The monoisotopic (exact) mass is 452 g/mol. The summed E-state index contributed by atoms with van der Waals surface area (Å²) in [7, 11) is 0. The number of carbonyl (C=O) groups excluding carboxylic acids is 1. The van der Waals surface area contributed by atoms with Crippen LogP contribution in [0.3, 0.4) is 0 Å². The highest BCUT2D eigenvalue weighted by molar-refractivity contribution is 6.33. The minimum absolute atomic E-state index is 0.0774. The van der Waals surface area contributed by atoms with E-state index in [1.54, 1.807) is 35.2 Å². The molecule has 0 atom stereocenters. The van der Waals surface area contributed by atoms with Crippen molar-refractivity contribution in [3.05, 3.63) is 70.5 Å². The number of halogens is 2. The minimum Gasteiger partial charge on any atom is -0.340 e. The van der Waals surface area contributed by atoms with E-state index in [1.165, 1.54) is 12.1 Å². The molecule has 32 heavy (non-hydrogen) atoms. The van der Waals surface area contributed by atoms with E-state index >= 15 is 0 Å². The topological polar surface area (TPSA) is 80.5 Å². The molecule has 0 aliphatic carbocycles. The number of benzene rings is 2. The van der Waals surface area contributed by atoms with Gasteiger partial charge in [0.1, 0.15) is 23.2 Å². The highest BCUT2D eigenvalue weighted by atomic mass is 35.5. The van der Waals surface area contributed by atoms with Crippen molar-refractivity contribution in [1.82, 2.24) is 14.5 Å². The number of imidazole rings is 1. The summed E-state index contributed by atoms with van der Waals surface area (Å²) in [5.41, 5.74) is 7.33. The number of hydrogen-bond acceptors (Lipinski definition) is 4. The first-order chi connectivity index (χ1) is 15.3. The molecule has 1 aliphatic rings. The Hall–Kier alpha value is -3.41. The Bertz CT molecular complexity index is 1230. The molecule has 0 fully saturated rings. The van der Waals surface area contributed by atoms with Crippen LogP contribution in [0.25, 0.3) is 16.1 Å². The van der Waals surface area contributed by atoms with Crippen LogP contribution in [-0.4, -0.2) is 33.4 Å². The molecular formula is C23H22ClFN6O. The molecule has 1 aliphatic heterocycles. The quantitative estimate of drug-likeness (QED) is 0.563. The van der Waals surface area contributed by atoms with Gasteiger partial charge in [0.15, 0.2) is 0 Å². The molecule has 2 heterocycles.